The van der Waals surface area contributed by atoms with E-state index in [0.717, 1.165) is 12.1 Å². The van der Waals surface area contributed by atoms with E-state index in [9.17, 15) is 4.79 Å². The number of hydrogen-bond donors (Lipinski definition) is 1. The van der Waals surface area contributed by atoms with Crippen molar-refractivity contribution < 1.29 is 4.79 Å². The molecule has 0 saturated carbocycles. The van der Waals surface area contributed by atoms with E-state index in [1.807, 2.05) is 24.3 Å². The highest BCUT2D eigenvalue weighted by Gasteiger charge is 2.12. The number of benzene rings is 1. The fraction of sp³-hybridized carbons (Fsp3) is 0.143. The molecule has 3 nitrogen and oxygen atoms in total. The van der Waals surface area contributed by atoms with Crippen LogP contribution < -0.4 is 5.32 Å². The molecule has 0 saturated heterocycles. The van der Waals surface area contributed by atoms with Crippen molar-refractivity contribution in [1.82, 2.24) is 4.98 Å². The molecule has 2 rings (SSSR count). The summed E-state index contributed by atoms with van der Waals surface area (Å²) in [6.45, 7) is 2.08. The van der Waals surface area contributed by atoms with Gasteiger partial charge in [-0.3, -0.25) is 4.79 Å². The first kappa shape index (κ1) is 14.0. The summed E-state index contributed by atoms with van der Waals surface area (Å²) in [6, 6.07) is 9.35. The van der Waals surface area contributed by atoms with Gasteiger partial charge >= 0.3 is 0 Å². The van der Waals surface area contributed by atoms with Gasteiger partial charge in [-0.2, -0.15) is 0 Å². The first-order chi connectivity index (χ1) is 9.10. The van der Waals surface area contributed by atoms with Crippen molar-refractivity contribution >= 4 is 39.1 Å². The molecule has 2 aromatic rings. The van der Waals surface area contributed by atoms with E-state index in [1.54, 1.807) is 12.3 Å². The van der Waals surface area contributed by atoms with Crippen molar-refractivity contribution in [2.45, 2.75) is 13.3 Å². The number of rotatable bonds is 3. The molecule has 0 fully saturated rings. The average Bonchev–Trinajstić information content (AvgIpc) is 2.42. The van der Waals surface area contributed by atoms with E-state index in [2.05, 4.69) is 33.2 Å². The molecule has 1 heterocycles. The number of amides is 1. The van der Waals surface area contributed by atoms with Gasteiger partial charge in [-0.05, 0) is 46.1 Å². The predicted molar refractivity (Wildman–Crippen MR) is 80.7 cm³/mol. The second-order valence-corrected chi connectivity index (χ2v) is 5.27. The Labute approximate surface area is 125 Å². The highest BCUT2D eigenvalue weighted by Crippen LogP contribution is 2.19. The van der Waals surface area contributed by atoms with E-state index in [1.165, 1.54) is 5.56 Å². The largest absolute Gasteiger partial charge is 0.322 e. The van der Waals surface area contributed by atoms with Gasteiger partial charge in [0.05, 0.1) is 5.56 Å². The fourth-order valence-corrected chi connectivity index (χ4v) is 2.12. The third-order valence-corrected chi connectivity index (χ3v) is 3.41. The predicted octanol–water partition coefficient (Wildman–Crippen LogP) is 4.31. The molecule has 1 aromatic heterocycles. The van der Waals surface area contributed by atoms with Gasteiger partial charge in [-0.1, -0.05) is 30.7 Å². The Morgan fingerprint density at radius 1 is 1.37 bits per heavy atom. The number of anilines is 1. The molecule has 1 N–H and O–H groups in total. The summed E-state index contributed by atoms with van der Waals surface area (Å²) in [5, 5.41) is 2.98. The van der Waals surface area contributed by atoms with Crippen molar-refractivity contribution in [2.24, 2.45) is 0 Å². The Balaban J connectivity index is 2.18. The molecule has 0 aliphatic rings. The van der Waals surface area contributed by atoms with E-state index in [4.69, 9.17) is 11.6 Å². The number of halogens is 2. The average molecular weight is 340 g/mol. The van der Waals surface area contributed by atoms with E-state index in [-0.39, 0.29) is 11.1 Å². The minimum absolute atomic E-state index is 0.186. The summed E-state index contributed by atoms with van der Waals surface area (Å²) >= 11 is 9.18. The molecule has 0 radical (unpaired) electrons. The van der Waals surface area contributed by atoms with Crippen LogP contribution in [0, 0.1) is 0 Å². The number of carbonyl (C=O) groups excluding carboxylic acids is 1. The minimum atomic E-state index is -0.275. The summed E-state index contributed by atoms with van der Waals surface area (Å²) in [6.07, 6.45) is 2.52. The maximum Gasteiger partial charge on any atom is 0.258 e. The molecule has 5 heteroatoms. The lowest BCUT2D eigenvalue weighted by atomic mass is 10.1. The van der Waals surface area contributed by atoms with Crippen LogP contribution in [0.25, 0.3) is 0 Å². The van der Waals surface area contributed by atoms with Crippen LogP contribution in [0.4, 0.5) is 5.69 Å². The van der Waals surface area contributed by atoms with Crippen LogP contribution in [0.5, 0.6) is 0 Å². The molecule has 98 valence electrons. The van der Waals surface area contributed by atoms with Gasteiger partial charge in [-0.25, -0.2) is 4.98 Å². The molecule has 0 unspecified atom stereocenters. The molecule has 19 heavy (non-hydrogen) atoms. The lowest BCUT2D eigenvalue weighted by Gasteiger charge is -2.07. The molecular weight excluding hydrogens is 328 g/mol. The number of aryl methyl sites for hydroxylation is 1. The Morgan fingerprint density at radius 3 is 2.68 bits per heavy atom. The second kappa shape index (κ2) is 6.17. The maximum atomic E-state index is 12.1. The van der Waals surface area contributed by atoms with E-state index >= 15 is 0 Å². The molecule has 0 bridgehead atoms. The zero-order chi connectivity index (χ0) is 13.8. The summed E-state index contributed by atoms with van der Waals surface area (Å²) in [5.41, 5.74) is 2.30. The van der Waals surface area contributed by atoms with Gasteiger partial charge in [0.1, 0.15) is 5.15 Å². The molecule has 0 aliphatic heterocycles. The fourth-order valence-electron chi connectivity index (χ4n) is 1.60. The molecule has 1 amide bonds. The van der Waals surface area contributed by atoms with E-state index in [0.29, 0.717) is 10.0 Å². The third-order valence-electron chi connectivity index (χ3n) is 2.67. The first-order valence-electron chi connectivity index (χ1n) is 5.81. The van der Waals surface area contributed by atoms with Crippen LogP contribution in [0.1, 0.15) is 22.8 Å². The van der Waals surface area contributed by atoms with Crippen molar-refractivity contribution in [1.29, 1.82) is 0 Å². The van der Waals surface area contributed by atoms with Crippen molar-refractivity contribution in [3.05, 3.63) is 57.3 Å². The van der Waals surface area contributed by atoms with Gasteiger partial charge in [-0.15, -0.1) is 0 Å². The standard InChI is InChI=1S/C14H12BrClN2O/c1-2-9-3-5-11(6-4-9)18-14(19)12-7-10(15)8-17-13(12)16/h3-8H,2H2,1H3,(H,18,19). The molecular formula is C14H12BrClN2O. The number of pyridine rings is 1. The third kappa shape index (κ3) is 3.55. The number of aromatic nitrogens is 1. The van der Waals surface area contributed by atoms with Crippen LogP contribution in [0.2, 0.25) is 5.15 Å². The Kier molecular flexibility index (Phi) is 4.56. The van der Waals surface area contributed by atoms with Crippen molar-refractivity contribution in [2.75, 3.05) is 5.32 Å². The molecule has 0 aliphatic carbocycles. The summed E-state index contributed by atoms with van der Waals surface area (Å²) in [7, 11) is 0. The SMILES string of the molecule is CCc1ccc(NC(=O)c2cc(Br)cnc2Cl)cc1. The minimum Gasteiger partial charge on any atom is -0.322 e. The van der Waals surface area contributed by atoms with E-state index < -0.39 is 0 Å². The van der Waals surface area contributed by atoms with Crippen LogP contribution in [0.15, 0.2) is 41.0 Å². The van der Waals surface area contributed by atoms with Gasteiger partial charge in [0, 0.05) is 16.4 Å². The lowest BCUT2D eigenvalue weighted by Crippen LogP contribution is -2.13. The number of hydrogen-bond acceptors (Lipinski definition) is 2. The number of carbonyl (C=O) groups is 1. The molecule has 0 spiro atoms. The maximum absolute atomic E-state index is 12.1. The summed E-state index contributed by atoms with van der Waals surface area (Å²) in [4.78, 5) is 16.0. The van der Waals surface area contributed by atoms with Gasteiger partial charge in [0.2, 0.25) is 0 Å². The van der Waals surface area contributed by atoms with Gasteiger partial charge in [0.15, 0.2) is 0 Å². The Morgan fingerprint density at radius 2 is 2.05 bits per heavy atom. The first-order valence-corrected chi connectivity index (χ1v) is 6.98. The smallest absolute Gasteiger partial charge is 0.258 e. The summed E-state index contributed by atoms with van der Waals surface area (Å²) < 4.78 is 0.711. The van der Waals surface area contributed by atoms with Gasteiger partial charge < -0.3 is 5.32 Å². The lowest BCUT2D eigenvalue weighted by molar-refractivity contribution is 0.102. The normalized spacial score (nSPS) is 10.3. The molecule has 1 aromatic carbocycles. The van der Waals surface area contributed by atoms with Crippen molar-refractivity contribution in [3.8, 4) is 0 Å². The highest BCUT2D eigenvalue weighted by molar-refractivity contribution is 9.10. The quantitative estimate of drug-likeness (QED) is 0.847. The van der Waals surface area contributed by atoms with Crippen LogP contribution >= 0.6 is 27.5 Å². The van der Waals surface area contributed by atoms with Crippen LogP contribution in [-0.4, -0.2) is 10.9 Å². The van der Waals surface area contributed by atoms with Gasteiger partial charge in [0.25, 0.3) is 5.91 Å². The van der Waals surface area contributed by atoms with Crippen molar-refractivity contribution in [3.63, 3.8) is 0 Å². The number of nitrogens with zero attached hydrogens (tertiary/aromatic N) is 1. The van der Waals surface area contributed by atoms with Crippen LogP contribution in [-0.2, 0) is 6.42 Å². The number of nitrogens with one attached hydrogen (secondary N) is 1. The zero-order valence-electron chi connectivity index (χ0n) is 10.3. The monoisotopic (exact) mass is 338 g/mol. The second-order valence-electron chi connectivity index (χ2n) is 4.00. The topological polar surface area (TPSA) is 42.0 Å². The Bertz CT molecular complexity index is 599. The highest BCUT2D eigenvalue weighted by atomic mass is 79.9. The molecule has 0 atom stereocenters. The van der Waals surface area contributed by atoms with Crippen LogP contribution in [0.3, 0.4) is 0 Å². The Hall–Kier alpha value is -1.39. The zero-order valence-corrected chi connectivity index (χ0v) is 12.6. The summed E-state index contributed by atoms with van der Waals surface area (Å²) in [5.74, 6) is -0.275.